The maximum atomic E-state index is 12.2. The summed E-state index contributed by atoms with van der Waals surface area (Å²) >= 11 is 1.44. The quantitative estimate of drug-likeness (QED) is 0.773. The van der Waals surface area contributed by atoms with Gasteiger partial charge in [-0.2, -0.15) is 0 Å². The average Bonchev–Trinajstić information content (AvgIpc) is 2.98. The summed E-state index contributed by atoms with van der Waals surface area (Å²) in [5, 5.41) is 25.1. The van der Waals surface area contributed by atoms with Gasteiger partial charge in [-0.1, -0.05) is 19.3 Å². The molecule has 1 aromatic heterocycles. The maximum Gasteiger partial charge on any atom is 0.223 e. The van der Waals surface area contributed by atoms with Gasteiger partial charge >= 0.3 is 0 Å². The van der Waals surface area contributed by atoms with Crippen LogP contribution in [0.4, 0.5) is 0 Å². The summed E-state index contributed by atoms with van der Waals surface area (Å²) in [4.78, 5) is 16.4. The Morgan fingerprint density at radius 2 is 2.09 bits per heavy atom. The van der Waals surface area contributed by atoms with E-state index in [2.05, 4.69) is 10.3 Å². The number of carbonyl (C=O) groups excluding carboxylic acids is 1. The van der Waals surface area contributed by atoms with E-state index < -0.39 is 5.60 Å². The second kappa shape index (κ2) is 6.64. The first-order valence-corrected chi connectivity index (χ1v) is 9.03. The Hall–Kier alpha value is -0.980. The molecule has 6 heteroatoms. The van der Waals surface area contributed by atoms with Gasteiger partial charge in [-0.25, -0.2) is 4.98 Å². The van der Waals surface area contributed by atoms with Crippen LogP contribution in [0.15, 0.2) is 5.38 Å². The fraction of sp³-hybridized carbons (Fsp3) is 0.750. The molecular formula is C16H24N2O3S. The first kappa shape index (κ1) is 15.9. The van der Waals surface area contributed by atoms with E-state index in [1.165, 1.54) is 30.6 Å². The second-order valence-electron chi connectivity index (χ2n) is 6.65. The van der Waals surface area contributed by atoms with E-state index in [0.29, 0.717) is 31.0 Å². The summed E-state index contributed by atoms with van der Waals surface area (Å²) in [5.41, 5.74) is 0.0396. The fourth-order valence-corrected chi connectivity index (χ4v) is 4.49. The van der Waals surface area contributed by atoms with Gasteiger partial charge in [0.15, 0.2) is 0 Å². The Labute approximate surface area is 134 Å². The molecule has 1 amide bonds. The van der Waals surface area contributed by atoms with Gasteiger partial charge < -0.3 is 15.5 Å². The molecule has 0 spiro atoms. The van der Waals surface area contributed by atoms with Crippen molar-refractivity contribution in [1.82, 2.24) is 10.3 Å². The lowest BCUT2D eigenvalue weighted by Gasteiger charge is -2.49. The molecule has 0 aliphatic heterocycles. The molecular weight excluding hydrogens is 300 g/mol. The Bertz CT molecular complexity index is 519. The smallest absolute Gasteiger partial charge is 0.223 e. The number of carbonyl (C=O) groups is 1. The highest BCUT2D eigenvalue weighted by atomic mass is 32.1. The largest absolute Gasteiger partial charge is 0.390 e. The van der Waals surface area contributed by atoms with Crippen molar-refractivity contribution in [2.45, 2.75) is 63.7 Å². The number of nitrogens with zero attached hydrogens (tertiary/aromatic N) is 1. The fourth-order valence-electron chi connectivity index (χ4n) is 3.76. The predicted molar refractivity (Wildman–Crippen MR) is 84.1 cm³/mol. The summed E-state index contributed by atoms with van der Waals surface area (Å²) < 4.78 is 0. The first-order chi connectivity index (χ1) is 10.6. The minimum Gasteiger partial charge on any atom is -0.390 e. The lowest BCUT2D eigenvalue weighted by molar-refractivity contribution is -0.154. The second-order valence-corrected chi connectivity index (χ2v) is 7.59. The van der Waals surface area contributed by atoms with E-state index in [1.807, 2.05) is 0 Å². The van der Waals surface area contributed by atoms with Crippen LogP contribution in [0.1, 0.15) is 55.6 Å². The van der Waals surface area contributed by atoms with Gasteiger partial charge in [-0.3, -0.25) is 4.79 Å². The minimum absolute atomic E-state index is 0.0150. The van der Waals surface area contributed by atoms with Crippen LogP contribution in [0, 0.1) is 11.8 Å². The number of hydrogen-bond acceptors (Lipinski definition) is 5. The number of hydrogen-bond donors (Lipinski definition) is 3. The monoisotopic (exact) mass is 324 g/mol. The molecule has 2 fully saturated rings. The third-order valence-corrected chi connectivity index (χ3v) is 6.01. The number of aliphatic hydroxyl groups excluding tert-OH is 1. The van der Waals surface area contributed by atoms with E-state index in [0.717, 1.165) is 17.8 Å². The van der Waals surface area contributed by atoms with Gasteiger partial charge in [-0.05, 0) is 31.6 Å². The number of aromatic nitrogens is 1. The van der Waals surface area contributed by atoms with E-state index in [4.69, 9.17) is 5.11 Å². The number of aliphatic hydroxyl groups is 2. The molecule has 2 aliphatic rings. The molecule has 0 bridgehead atoms. The van der Waals surface area contributed by atoms with Gasteiger partial charge in [-0.15, -0.1) is 11.3 Å². The standard InChI is InChI=1S/C16H24N2O3S/c19-9-13-10-22-14(18-13)8-17-15(20)11-6-16(21,7-11)12-4-2-1-3-5-12/h10-12,19,21H,1-9H2,(H,17,20). The molecule has 2 saturated carbocycles. The topological polar surface area (TPSA) is 82.5 Å². The SMILES string of the molecule is O=C(NCc1nc(CO)cs1)C1CC(O)(C2CCCCC2)C1. The van der Waals surface area contributed by atoms with Crippen LogP contribution in [0.2, 0.25) is 0 Å². The summed E-state index contributed by atoms with van der Waals surface area (Å²) in [7, 11) is 0. The van der Waals surface area contributed by atoms with Crippen molar-refractivity contribution in [3.63, 3.8) is 0 Å². The van der Waals surface area contributed by atoms with E-state index in [9.17, 15) is 9.90 Å². The molecule has 0 aromatic carbocycles. The van der Waals surface area contributed by atoms with Crippen molar-refractivity contribution in [1.29, 1.82) is 0 Å². The molecule has 2 aliphatic carbocycles. The molecule has 0 unspecified atom stereocenters. The summed E-state index contributed by atoms with van der Waals surface area (Å²) in [6, 6.07) is 0. The molecule has 0 radical (unpaired) electrons. The van der Waals surface area contributed by atoms with Crippen LogP contribution in [-0.2, 0) is 17.9 Å². The Kier molecular flexibility index (Phi) is 4.80. The third kappa shape index (κ3) is 3.34. The van der Waals surface area contributed by atoms with Crippen molar-refractivity contribution in [3.8, 4) is 0 Å². The van der Waals surface area contributed by atoms with Gasteiger partial charge in [0, 0.05) is 11.3 Å². The Morgan fingerprint density at radius 1 is 1.36 bits per heavy atom. The summed E-state index contributed by atoms with van der Waals surface area (Å²) in [6.45, 7) is 0.337. The number of rotatable bonds is 5. The highest BCUT2D eigenvalue weighted by Gasteiger charge is 2.50. The molecule has 22 heavy (non-hydrogen) atoms. The molecule has 1 heterocycles. The lowest BCUT2D eigenvalue weighted by Crippen LogP contribution is -2.54. The number of amides is 1. The van der Waals surface area contributed by atoms with E-state index in [-0.39, 0.29) is 18.4 Å². The average molecular weight is 324 g/mol. The number of nitrogens with one attached hydrogen (secondary N) is 1. The zero-order valence-electron chi connectivity index (χ0n) is 12.8. The normalized spacial score (nSPS) is 29.1. The molecule has 0 atom stereocenters. The predicted octanol–water partition coefficient (Wildman–Crippen LogP) is 1.97. The zero-order chi connectivity index (χ0) is 15.6. The van der Waals surface area contributed by atoms with Crippen LogP contribution in [0.3, 0.4) is 0 Å². The van der Waals surface area contributed by atoms with Gasteiger partial charge in [0.1, 0.15) is 5.01 Å². The van der Waals surface area contributed by atoms with Crippen molar-refractivity contribution in [3.05, 3.63) is 16.1 Å². The van der Waals surface area contributed by atoms with Crippen molar-refractivity contribution < 1.29 is 15.0 Å². The van der Waals surface area contributed by atoms with Crippen LogP contribution >= 0.6 is 11.3 Å². The van der Waals surface area contributed by atoms with Crippen molar-refractivity contribution >= 4 is 17.2 Å². The summed E-state index contributed by atoms with van der Waals surface area (Å²) in [5.74, 6) is 0.335. The third-order valence-electron chi connectivity index (χ3n) is 5.11. The van der Waals surface area contributed by atoms with E-state index in [1.54, 1.807) is 5.38 Å². The Morgan fingerprint density at radius 3 is 2.73 bits per heavy atom. The molecule has 122 valence electrons. The van der Waals surface area contributed by atoms with Crippen LogP contribution in [-0.4, -0.2) is 26.7 Å². The maximum absolute atomic E-state index is 12.2. The molecule has 1 aromatic rings. The Balaban J connectivity index is 1.44. The van der Waals surface area contributed by atoms with Crippen LogP contribution < -0.4 is 5.32 Å². The van der Waals surface area contributed by atoms with Crippen molar-refractivity contribution in [2.75, 3.05) is 0 Å². The summed E-state index contributed by atoms with van der Waals surface area (Å²) in [6.07, 6.45) is 7.11. The van der Waals surface area contributed by atoms with Crippen LogP contribution in [0.5, 0.6) is 0 Å². The number of thiazole rings is 1. The van der Waals surface area contributed by atoms with E-state index >= 15 is 0 Å². The van der Waals surface area contributed by atoms with Crippen LogP contribution in [0.25, 0.3) is 0 Å². The van der Waals surface area contributed by atoms with Gasteiger partial charge in [0.2, 0.25) is 5.91 Å². The zero-order valence-corrected chi connectivity index (χ0v) is 13.6. The molecule has 3 rings (SSSR count). The lowest BCUT2D eigenvalue weighted by atomic mass is 9.61. The highest BCUT2D eigenvalue weighted by Crippen LogP contribution is 2.48. The minimum atomic E-state index is -0.604. The molecule has 5 nitrogen and oxygen atoms in total. The van der Waals surface area contributed by atoms with Crippen molar-refractivity contribution in [2.24, 2.45) is 11.8 Å². The van der Waals surface area contributed by atoms with Gasteiger partial charge in [0.05, 0.1) is 24.4 Å². The molecule has 3 N–H and O–H groups in total. The van der Waals surface area contributed by atoms with Gasteiger partial charge in [0.25, 0.3) is 0 Å². The first-order valence-electron chi connectivity index (χ1n) is 8.15. The highest BCUT2D eigenvalue weighted by molar-refractivity contribution is 7.09. The molecule has 0 saturated heterocycles.